The number of likely N-dealkylation sites (N-methyl/N-ethyl adjacent to an activating group) is 1. The van der Waals surface area contributed by atoms with Crippen molar-refractivity contribution in [3.05, 3.63) is 69.7 Å². The van der Waals surface area contributed by atoms with E-state index in [1.807, 2.05) is 38.2 Å². The van der Waals surface area contributed by atoms with Crippen LogP contribution in [0.1, 0.15) is 85.1 Å². The second-order valence-electron chi connectivity index (χ2n) is 12.1. The van der Waals surface area contributed by atoms with Gasteiger partial charge in [-0.1, -0.05) is 41.9 Å². The number of rotatable bonds is 10. The van der Waals surface area contributed by atoms with Gasteiger partial charge in [-0.3, -0.25) is 14.4 Å². The summed E-state index contributed by atoms with van der Waals surface area (Å²) in [7, 11) is 3.72. The summed E-state index contributed by atoms with van der Waals surface area (Å²) in [6, 6.07) is 11.8. The summed E-state index contributed by atoms with van der Waals surface area (Å²) in [5.74, 6) is -1.55. The van der Waals surface area contributed by atoms with E-state index in [1.165, 1.54) is 0 Å². The number of alkyl halides is 4. The van der Waals surface area contributed by atoms with Crippen LogP contribution in [-0.2, 0) is 9.53 Å². The van der Waals surface area contributed by atoms with E-state index in [0.29, 0.717) is 62.3 Å². The van der Waals surface area contributed by atoms with Crippen molar-refractivity contribution in [2.75, 3.05) is 33.7 Å². The van der Waals surface area contributed by atoms with Gasteiger partial charge in [-0.15, -0.1) is 13.2 Å². The Morgan fingerprint density at radius 3 is 2.38 bits per heavy atom. The zero-order valence-corrected chi connectivity index (χ0v) is 25.2. The molecule has 10 heteroatoms. The Balaban J connectivity index is 1.56. The van der Waals surface area contributed by atoms with Gasteiger partial charge < -0.3 is 10.0 Å². The number of ether oxygens (including phenoxy) is 1. The average Bonchev–Trinajstić information content (AvgIpc) is 2.90. The summed E-state index contributed by atoms with van der Waals surface area (Å²) in [5.41, 5.74) is 1.80. The highest BCUT2D eigenvalue weighted by Crippen LogP contribution is 2.44. The molecule has 2 atom stereocenters. The Kier molecular flexibility index (Phi) is 10.6. The van der Waals surface area contributed by atoms with Crippen LogP contribution in [0.2, 0.25) is 5.02 Å². The summed E-state index contributed by atoms with van der Waals surface area (Å²) in [6.07, 6.45) is -2.93. The second-order valence-corrected chi connectivity index (χ2v) is 12.5. The van der Waals surface area contributed by atoms with Gasteiger partial charge >= 0.3 is 12.3 Å². The molecule has 1 N–H and O–H groups in total. The van der Waals surface area contributed by atoms with Gasteiger partial charge in [0.1, 0.15) is 11.7 Å². The summed E-state index contributed by atoms with van der Waals surface area (Å²) in [4.78, 5) is 16.6. The molecule has 2 aromatic carbocycles. The number of aliphatic carboxylic acids is 1. The summed E-state index contributed by atoms with van der Waals surface area (Å²) in [6.45, 7) is 3.53. The number of carboxylic acid groups (broad SMARTS) is 1. The standard InChI is InChI=1S/C32H41ClF4N2O3/c1-21-6-4-9-26(28(21)22-10-12-25(13-11-22)42-32(35,36)37)29(30(40)41)39(3)17-14-27(23-7-5-8-24(33)20-23)31(34)15-18-38(2)19-16-31/h4-9,20,22,25,27,29H,10-19H2,1-3H3,(H,40,41)/t22?,25?,27-,29-/m1/s1. The van der Waals surface area contributed by atoms with Crippen molar-refractivity contribution in [2.45, 2.75) is 87.9 Å². The second kappa shape index (κ2) is 13.6. The highest BCUT2D eigenvalue weighted by molar-refractivity contribution is 6.30. The van der Waals surface area contributed by atoms with Gasteiger partial charge in [-0.2, -0.15) is 0 Å². The molecule has 2 aliphatic rings. The van der Waals surface area contributed by atoms with E-state index in [0.717, 1.165) is 16.7 Å². The van der Waals surface area contributed by atoms with E-state index in [1.54, 1.807) is 30.1 Å². The van der Waals surface area contributed by atoms with E-state index in [-0.39, 0.29) is 18.8 Å². The maximum atomic E-state index is 16.6. The molecule has 1 aliphatic heterocycles. The first-order valence-electron chi connectivity index (χ1n) is 14.7. The van der Waals surface area contributed by atoms with Crippen LogP contribution in [0.25, 0.3) is 0 Å². The fraction of sp³-hybridized carbons (Fsp3) is 0.594. The Morgan fingerprint density at radius 1 is 1.14 bits per heavy atom. The van der Waals surface area contributed by atoms with E-state index < -0.39 is 36.1 Å². The smallest absolute Gasteiger partial charge is 0.480 e. The van der Waals surface area contributed by atoms with E-state index in [2.05, 4.69) is 9.64 Å². The van der Waals surface area contributed by atoms with Gasteiger partial charge in [-0.05, 0) is 113 Å². The number of likely N-dealkylation sites (tertiary alicyclic amines) is 1. The number of hydrogen-bond acceptors (Lipinski definition) is 4. The minimum Gasteiger partial charge on any atom is -0.480 e. The predicted molar refractivity (Wildman–Crippen MR) is 156 cm³/mol. The molecule has 42 heavy (non-hydrogen) atoms. The lowest BCUT2D eigenvalue weighted by Gasteiger charge is -2.41. The third kappa shape index (κ3) is 8.04. The first-order chi connectivity index (χ1) is 19.8. The van der Waals surface area contributed by atoms with Gasteiger partial charge in [-0.25, -0.2) is 4.39 Å². The number of nitrogens with zero attached hydrogens (tertiary/aromatic N) is 2. The molecular weight excluding hydrogens is 572 g/mol. The van der Waals surface area contributed by atoms with E-state index >= 15 is 4.39 Å². The lowest BCUT2D eigenvalue weighted by Crippen LogP contribution is -2.44. The quantitative estimate of drug-likeness (QED) is 0.277. The zero-order valence-electron chi connectivity index (χ0n) is 24.5. The lowest BCUT2D eigenvalue weighted by molar-refractivity contribution is -0.345. The van der Waals surface area contributed by atoms with Crippen LogP contribution in [0, 0.1) is 6.92 Å². The van der Waals surface area contributed by atoms with Gasteiger partial charge in [0.15, 0.2) is 0 Å². The number of hydrogen-bond donors (Lipinski definition) is 1. The molecule has 2 aromatic rings. The number of benzene rings is 2. The molecule has 0 radical (unpaired) electrons. The molecule has 2 fully saturated rings. The van der Waals surface area contributed by atoms with E-state index in [4.69, 9.17) is 11.6 Å². The minimum atomic E-state index is -4.67. The van der Waals surface area contributed by atoms with Crippen LogP contribution in [0.15, 0.2) is 42.5 Å². The largest absolute Gasteiger partial charge is 0.522 e. The average molecular weight is 613 g/mol. The van der Waals surface area contributed by atoms with Crippen LogP contribution in [-0.4, -0.2) is 72.7 Å². The van der Waals surface area contributed by atoms with Crippen molar-refractivity contribution >= 4 is 17.6 Å². The number of carbonyl (C=O) groups is 1. The Bertz CT molecular complexity index is 1210. The molecule has 4 rings (SSSR count). The number of aryl methyl sites for hydroxylation is 1. The zero-order chi connectivity index (χ0) is 30.7. The maximum Gasteiger partial charge on any atom is 0.522 e. The van der Waals surface area contributed by atoms with Crippen LogP contribution < -0.4 is 0 Å². The molecule has 0 bridgehead atoms. The van der Waals surface area contributed by atoms with Crippen LogP contribution in [0.4, 0.5) is 17.6 Å². The SMILES string of the molecule is Cc1cccc([C@H](C(=O)O)N(C)CC[C@H](c2cccc(Cl)c2)C2(F)CCN(C)CC2)c1C1CCC(OC(F)(F)F)CC1. The maximum absolute atomic E-state index is 16.6. The molecule has 0 spiro atoms. The monoisotopic (exact) mass is 612 g/mol. The van der Waals surface area contributed by atoms with Crippen molar-refractivity contribution < 1.29 is 32.2 Å². The number of piperidine rings is 1. The van der Waals surface area contributed by atoms with Crippen molar-refractivity contribution in [1.82, 2.24) is 9.80 Å². The van der Waals surface area contributed by atoms with E-state index in [9.17, 15) is 23.1 Å². The molecule has 0 unspecified atom stereocenters. The van der Waals surface area contributed by atoms with Crippen molar-refractivity contribution in [3.63, 3.8) is 0 Å². The highest BCUT2D eigenvalue weighted by atomic mass is 35.5. The number of halogens is 5. The molecule has 0 aromatic heterocycles. The Hall–Kier alpha value is -2.20. The van der Waals surface area contributed by atoms with Crippen LogP contribution in [0.3, 0.4) is 0 Å². The van der Waals surface area contributed by atoms with Crippen LogP contribution >= 0.6 is 11.6 Å². The summed E-state index contributed by atoms with van der Waals surface area (Å²) < 4.78 is 59.1. The van der Waals surface area contributed by atoms with Crippen molar-refractivity contribution in [2.24, 2.45) is 0 Å². The fourth-order valence-electron chi connectivity index (χ4n) is 6.96. The third-order valence-electron chi connectivity index (χ3n) is 9.17. The summed E-state index contributed by atoms with van der Waals surface area (Å²) >= 11 is 6.30. The van der Waals surface area contributed by atoms with Gasteiger partial charge in [0, 0.05) is 24.0 Å². The van der Waals surface area contributed by atoms with Crippen LogP contribution in [0.5, 0.6) is 0 Å². The molecule has 1 saturated heterocycles. The Morgan fingerprint density at radius 2 is 1.79 bits per heavy atom. The minimum absolute atomic E-state index is 0.0721. The van der Waals surface area contributed by atoms with Crippen molar-refractivity contribution in [1.29, 1.82) is 0 Å². The molecule has 5 nitrogen and oxygen atoms in total. The molecular formula is C32H41ClF4N2O3. The normalized spacial score (nSPS) is 23.1. The number of carboxylic acids is 1. The predicted octanol–water partition coefficient (Wildman–Crippen LogP) is 7.88. The molecule has 1 heterocycles. The van der Waals surface area contributed by atoms with Gasteiger partial charge in [0.2, 0.25) is 0 Å². The van der Waals surface area contributed by atoms with Crippen molar-refractivity contribution in [3.8, 4) is 0 Å². The first kappa shape index (κ1) is 32.7. The van der Waals surface area contributed by atoms with Gasteiger partial charge in [0.25, 0.3) is 0 Å². The lowest BCUT2D eigenvalue weighted by atomic mass is 9.75. The van der Waals surface area contributed by atoms with Gasteiger partial charge in [0.05, 0.1) is 6.10 Å². The summed E-state index contributed by atoms with van der Waals surface area (Å²) in [5, 5.41) is 11.0. The molecule has 232 valence electrons. The highest BCUT2D eigenvalue weighted by Gasteiger charge is 2.43. The molecule has 1 saturated carbocycles. The molecule has 1 aliphatic carbocycles. The third-order valence-corrected chi connectivity index (χ3v) is 9.41. The topological polar surface area (TPSA) is 53.0 Å². The molecule has 0 amide bonds. The first-order valence-corrected chi connectivity index (χ1v) is 15.0. The fourth-order valence-corrected chi connectivity index (χ4v) is 7.16. The Labute approximate surface area is 250 Å².